The Labute approximate surface area is 101 Å². The minimum absolute atomic E-state index is 0.0195. The lowest BCUT2D eigenvalue weighted by Crippen LogP contribution is -2.36. The first-order valence-corrected chi connectivity index (χ1v) is 6.18. The summed E-state index contributed by atoms with van der Waals surface area (Å²) < 4.78 is 0. The Morgan fingerprint density at radius 1 is 1.24 bits per heavy atom. The van der Waals surface area contributed by atoms with Crippen LogP contribution in [0.4, 0.5) is 0 Å². The first kappa shape index (κ1) is 12.4. The largest absolute Gasteiger partial charge is 0.481 e. The van der Waals surface area contributed by atoms with Crippen LogP contribution < -0.4 is 5.32 Å². The summed E-state index contributed by atoms with van der Waals surface area (Å²) in [5.41, 5.74) is -0.386. The van der Waals surface area contributed by atoms with Gasteiger partial charge < -0.3 is 15.3 Å². The lowest BCUT2D eigenvalue weighted by molar-refractivity contribution is -0.142. The SMILES string of the molecule is CC1(C)C(C(=O)O)C1C(=O)N1CCCNCC1. The number of carboxylic acids is 1. The normalized spacial score (nSPS) is 31.8. The van der Waals surface area contributed by atoms with Gasteiger partial charge in [0.05, 0.1) is 11.8 Å². The Morgan fingerprint density at radius 2 is 1.94 bits per heavy atom. The smallest absolute Gasteiger partial charge is 0.307 e. The van der Waals surface area contributed by atoms with Crippen LogP contribution in [0.5, 0.6) is 0 Å². The summed E-state index contributed by atoms with van der Waals surface area (Å²) in [7, 11) is 0. The van der Waals surface area contributed by atoms with Gasteiger partial charge in [-0.25, -0.2) is 0 Å². The summed E-state index contributed by atoms with van der Waals surface area (Å²) in [5, 5.41) is 12.3. The van der Waals surface area contributed by atoms with Crippen LogP contribution in [0, 0.1) is 17.3 Å². The van der Waals surface area contributed by atoms with E-state index >= 15 is 0 Å². The number of carbonyl (C=O) groups is 2. The molecule has 0 aromatic rings. The van der Waals surface area contributed by atoms with Gasteiger partial charge in [0.15, 0.2) is 0 Å². The molecule has 2 N–H and O–H groups in total. The van der Waals surface area contributed by atoms with Crippen molar-refractivity contribution < 1.29 is 14.7 Å². The third-order valence-electron chi connectivity index (χ3n) is 4.01. The summed E-state index contributed by atoms with van der Waals surface area (Å²) in [6.45, 7) is 6.90. The second kappa shape index (κ2) is 4.29. The van der Waals surface area contributed by atoms with Crippen LogP contribution in [0.3, 0.4) is 0 Å². The van der Waals surface area contributed by atoms with Crippen LogP contribution in [0.15, 0.2) is 0 Å². The van der Waals surface area contributed by atoms with Crippen molar-refractivity contribution in [1.82, 2.24) is 10.2 Å². The molecule has 2 fully saturated rings. The molecule has 1 saturated carbocycles. The molecule has 1 amide bonds. The Hall–Kier alpha value is -1.10. The molecule has 0 aromatic carbocycles. The lowest BCUT2D eigenvalue weighted by atomic mass is 10.1. The topological polar surface area (TPSA) is 69.6 Å². The molecule has 1 aliphatic heterocycles. The number of amides is 1. The van der Waals surface area contributed by atoms with Crippen molar-refractivity contribution in [3.63, 3.8) is 0 Å². The Kier molecular flexibility index (Phi) is 3.12. The molecule has 2 atom stereocenters. The van der Waals surface area contributed by atoms with Gasteiger partial charge >= 0.3 is 5.97 Å². The number of hydrogen-bond acceptors (Lipinski definition) is 3. The van der Waals surface area contributed by atoms with E-state index in [0.717, 1.165) is 26.1 Å². The van der Waals surface area contributed by atoms with E-state index in [1.54, 1.807) is 0 Å². The highest BCUT2D eigenvalue weighted by atomic mass is 16.4. The van der Waals surface area contributed by atoms with E-state index in [-0.39, 0.29) is 17.2 Å². The van der Waals surface area contributed by atoms with Crippen molar-refractivity contribution in [2.45, 2.75) is 20.3 Å². The third-order valence-corrected chi connectivity index (χ3v) is 4.01. The van der Waals surface area contributed by atoms with Crippen LogP contribution in [0.1, 0.15) is 20.3 Å². The summed E-state index contributed by atoms with van der Waals surface area (Å²) >= 11 is 0. The summed E-state index contributed by atoms with van der Waals surface area (Å²) in [6, 6.07) is 0. The lowest BCUT2D eigenvalue weighted by Gasteiger charge is -2.20. The van der Waals surface area contributed by atoms with Gasteiger partial charge in [-0.3, -0.25) is 9.59 Å². The highest BCUT2D eigenvalue weighted by Gasteiger charge is 2.66. The molecule has 0 radical (unpaired) electrons. The molecule has 2 rings (SSSR count). The zero-order valence-corrected chi connectivity index (χ0v) is 10.4. The van der Waals surface area contributed by atoms with Gasteiger partial charge in [-0.1, -0.05) is 13.8 Å². The van der Waals surface area contributed by atoms with Gasteiger partial charge in [-0.05, 0) is 18.4 Å². The average molecular weight is 240 g/mol. The first-order valence-electron chi connectivity index (χ1n) is 6.18. The molecule has 17 heavy (non-hydrogen) atoms. The van der Waals surface area contributed by atoms with Crippen molar-refractivity contribution >= 4 is 11.9 Å². The molecular formula is C12H20N2O3. The fourth-order valence-electron chi connectivity index (χ4n) is 2.82. The van der Waals surface area contributed by atoms with E-state index < -0.39 is 11.9 Å². The average Bonchev–Trinajstić information content (AvgIpc) is 2.90. The van der Waals surface area contributed by atoms with Crippen molar-refractivity contribution in [1.29, 1.82) is 0 Å². The van der Waals surface area contributed by atoms with Gasteiger partial charge in [-0.2, -0.15) is 0 Å². The van der Waals surface area contributed by atoms with Gasteiger partial charge in [0.2, 0.25) is 5.91 Å². The maximum atomic E-state index is 12.3. The standard InChI is InChI=1S/C12H20N2O3/c1-12(2)8(9(12)11(16)17)10(15)14-6-3-4-13-5-7-14/h8-9,13H,3-7H2,1-2H3,(H,16,17). The molecule has 2 unspecified atom stereocenters. The predicted molar refractivity (Wildman–Crippen MR) is 62.5 cm³/mol. The number of hydrogen-bond donors (Lipinski definition) is 2. The van der Waals surface area contributed by atoms with Gasteiger partial charge in [0.25, 0.3) is 0 Å². The maximum Gasteiger partial charge on any atom is 0.307 e. The van der Waals surface area contributed by atoms with E-state index in [9.17, 15) is 9.59 Å². The quantitative estimate of drug-likeness (QED) is 0.721. The van der Waals surface area contributed by atoms with Crippen molar-refractivity contribution in [2.24, 2.45) is 17.3 Å². The Morgan fingerprint density at radius 3 is 2.53 bits per heavy atom. The number of nitrogens with zero attached hydrogens (tertiary/aromatic N) is 1. The number of rotatable bonds is 2. The molecule has 0 spiro atoms. The molecular weight excluding hydrogens is 220 g/mol. The molecule has 0 bridgehead atoms. The minimum Gasteiger partial charge on any atom is -0.481 e. The molecule has 5 nitrogen and oxygen atoms in total. The highest BCUT2D eigenvalue weighted by Crippen LogP contribution is 2.59. The molecule has 96 valence electrons. The van der Waals surface area contributed by atoms with Gasteiger partial charge in [0.1, 0.15) is 0 Å². The van der Waals surface area contributed by atoms with Crippen molar-refractivity contribution in [2.75, 3.05) is 26.2 Å². The Bertz CT molecular complexity index is 333. The monoisotopic (exact) mass is 240 g/mol. The van der Waals surface area contributed by atoms with Crippen LogP contribution in [-0.4, -0.2) is 48.1 Å². The Balaban J connectivity index is 2.03. The second-order valence-corrected chi connectivity index (χ2v) is 5.54. The van der Waals surface area contributed by atoms with Crippen molar-refractivity contribution in [3.8, 4) is 0 Å². The van der Waals surface area contributed by atoms with Crippen LogP contribution in [-0.2, 0) is 9.59 Å². The molecule has 1 saturated heterocycles. The van der Waals surface area contributed by atoms with Crippen molar-refractivity contribution in [3.05, 3.63) is 0 Å². The van der Waals surface area contributed by atoms with Gasteiger partial charge in [-0.15, -0.1) is 0 Å². The van der Waals surface area contributed by atoms with E-state index in [4.69, 9.17) is 5.11 Å². The fraction of sp³-hybridized carbons (Fsp3) is 0.833. The van der Waals surface area contributed by atoms with E-state index in [1.165, 1.54) is 0 Å². The number of carbonyl (C=O) groups excluding carboxylic acids is 1. The van der Waals surface area contributed by atoms with E-state index in [0.29, 0.717) is 6.54 Å². The van der Waals surface area contributed by atoms with E-state index in [1.807, 2.05) is 18.7 Å². The fourth-order valence-corrected chi connectivity index (χ4v) is 2.82. The van der Waals surface area contributed by atoms with Gasteiger partial charge in [0, 0.05) is 19.6 Å². The second-order valence-electron chi connectivity index (χ2n) is 5.54. The van der Waals surface area contributed by atoms with E-state index in [2.05, 4.69) is 5.32 Å². The first-order chi connectivity index (χ1) is 7.96. The summed E-state index contributed by atoms with van der Waals surface area (Å²) in [5.74, 6) is -1.67. The summed E-state index contributed by atoms with van der Waals surface area (Å²) in [6.07, 6.45) is 0.941. The molecule has 1 heterocycles. The molecule has 2 aliphatic rings. The zero-order chi connectivity index (χ0) is 12.6. The maximum absolute atomic E-state index is 12.3. The van der Waals surface area contributed by atoms with Crippen LogP contribution in [0.25, 0.3) is 0 Å². The summed E-state index contributed by atoms with van der Waals surface area (Å²) in [4.78, 5) is 25.2. The van der Waals surface area contributed by atoms with Crippen LogP contribution in [0.2, 0.25) is 0 Å². The number of carboxylic acid groups (broad SMARTS) is 1. The number of aliphatic carboxylic acids is 1. The molecule has 0 aromatic heterocycles. The van der Waals surface area contributed by atoms with Crippen LogP contribution >= 0.6 is 0 Å². The zero-order valence-electron chi connectivity index (χ0n) is 10.4. The predicted octanol–water partition coefficient (Wildman–Crippen LogP) is 0.165. The third kappa shape index (κ3) is 2.16. The highest BCUT2D eigenvalue weighted by molar-refractivity contribution is 5.91. The molecule has 1 aliphatic carbocycles. The molecule has 5 heteroatoms. The minimum atomic E-state index is -0.846. The number of nitrogens with one attached hydrogen (secondary N) is 1.